The highest BCUT2D eigenvalue weighted by Crippen LogP contribution is 2.29. The minimum Gasteiger partial charge on any atom is -0.490 e. The van der Waals surface area contributed by atoms with Gasteiger partial charge in [0, 0.05) is 11.8 Å². The molecule has 1 fully saturated rings. The minimum absolute atomic E-state index is 0.433. The van der Waals surface area contributed by atoms with Gasteiger partial charge >= 0.3 is 0 Å². The molecule has 0 spiro atoms. The van der Waals surface area contributed by atoms with Crippen LogP contribution in [0.4, 0.5) is 0 Å². The van der Waals surface area contributed by atoms with E-state index >= 15 is 0 Å². The van der Waals surface area contributed by atoms with E-state index in [2.05, 4.69) is 43.4 Å². The Morgan fingerprint density at radius 3 is 2.89 bits per heavy atom. The molecule has 2 nitrogen and oxygen atoms in total. The zero-order valence-electron chi connectivity index (χ0n) is 11.3. The van der Waals surface area contributed by atoms with E-state index < -0.39 is 0 Å². The van der Waals surface area contributed by atoms with Crippen molar-refractivity contribution >= 4 is 11.8 Å². The van der Waals surface area contributed by atoms with E-state index in [1.807, 2.05) is 11.8 Å². The third-order valence-corrected chi connectivity index (χ3v) is 4.00. The maximum atomic E-state index is 5.86. The van der Waals surface area contributed by atoms with Crippen molar-refractivity contribution in [2.75, 3.05) is 18.1 Å². The Kier molecular flexibility index (Phi) is 5.39. The molecular weight excluding hydrogens is 242 g/mol. The average molecular weight is 265 g/mol. The second kappa shape index (κ2) is 7.05. The molecular formula is C15H23NOS. The summed E-state index contributed by atoms with van der Waals surface area (Å²) in [6.07, 6.45) is 2.90. The molecule has 0 amide bonds. The monoisotopic (exact) mass is 265 g/mol. The van der Waals surface area contributed by atoms with Gasteiger partial charge in [0.25, 0.3) is 0 Å². The van der Waals surface area contributed by atoms with Crippen LogP contribution in [0.3, 0.4) is 0 Å². The van der Waals surface area contributed by atoms with Crippen LogP contribution >= 0.6 is 11.8 Å². The summed E-state index contributed by atoms with van der Waals surface area (Å²) in [6.45, 7) is 5.37. The van der Waals surface area contributed by atoms with Crippen molar-refractivity contribution in [3.8, 4) is 5.75 Å². The average Bonchev–Trinajstić information content (AvgIpc) is 3.19. The number of thioether (sulfide) groups is 1. The third kappa shape index (κ3) is 4.21. The van der Waals surface area contributed by atoms with Gasteiger partial charge in [0.15, 0.2) is 0 Å². The molecule has 100 valence electrons. The summed E-state index contributed by atoms with van der Waals surface area (Å²) in [7, 11) is 0. The van der Waals surface area contributed by atoms with E-state index in [-0.39, 0.29) is 0 Å². The minimum atomic E-state index is 0.433. The molecule has 1 saturated carbocycles. The van der Waals surface area contributed by atoms with Crippen LogP contribution in [0.25, 0.3) is 0 Å². The van der Waals surface area contributed by atoms with Crippen molar-refractivity contribution in [2.24, 2.45) is 0 Å². The SMILES string of the molecule is CCNC(CSCC)c1cccc(OC2CC2)c1. The third-order valence-electron chi connectivity index (χ3n) is 3.03. The Labute approximate surface area is 114 Å². The van der Waals surface area contributed by atoms with E-state index in [0.29, 0.717) is 12.1 Å². The van der Waals surface area contributed by atoms with Crippen LogP contribution in [0.1, 0.15) is 38.3 Å². The number of hydrogen-bond donors (Lipinski definition) is 1. The number of benzene rings is 1. The van der Waals surface area contributed by atoms with E-state index in [1.54, 1.807) is 0 Å². The highest BCUT2D eigenvalue weighted by atomic mass is 32.2. The molecule has 1 aromatic rings. The van der Waals surface area contributed by atoms with Crippen molar-refractivity contribution < 1.29 is 4.74 Å². The van der Waals surface area contributed by atoms with Gasteiger partial charge in [-0.05, 0) is 42.8 Å². The first kappa shape index (κ1) is 13.8. The lowest BCUT2D eigenvalue weighted by Crippen LogP contribution is -2.23. The van der Waals surface area contributed by atoms with Crippen molar-refractivity contribution in [1.82, 2.24) is 5.32 Å². The molecule has 1 aromatic carbocycles. The molecule has 3 heteroatoms. The van der Waals surface area contributed by atoms with Crippen LogP contribution in [0, 0.1) is 0 Å². The molecule has 1 atom stereocenters. The van der Waals surface area contributed by atoms with Gasteiger partial charge in [0.1, 0.15) is 5.75 Å². The van der Waals surface area contributed by atoms with Gasteiger partial charge in [-0.3, -0.25) is 0 Å². The molecule has 1 N–H and O–H groups in total. The number of nitrogens with one attached hydrogen (secondary N) is 1. The second-order valence-corrected chi connectivity index (χ2v) is 5.98. The van der Waals surface area contributed by atoms with Gasteiger partial charge in [0.2, 0.25) is 0 Å². The van der Waals surface area contributed by atoms with Gasteiger partial charge < -0.3 is 10.1 Å². The Hall–Kier alpha value is -0.670. The first-order valence-corrected chi connectivity index (χ1v) is 8.06. The lowest BCUT2D eigenvalue weighted by molar-refractivity contribution is 0.302. The van der Waals surface area contributed by atoms with Crippen LogP contribution in [0.15, 0.2) is 24.3 Å². The Balaban J connectivity index is 2.02. The van der Waals surface area contributed by atoms with Crippen molar-refractivity contribution in [3.05, 3.63) is 29.8 Å². The topological polar surface area (TPSA) is 21.3 Å². The summed E-state index contributed by atoms with van der Waals surface area (Å²) < 4.78 is 5.86. The lowest BCUT2D eigenvalue weighted by atomic mass is 10.1. The summed E-state index contributed by atoms with van der Waals surface area (Å²) in [5, 5.41) is 3.55. The molecule has 2 rings (SSSR count). The molecule has 0 aromatic heterocycles. The maximum Gasteiger partial charge on any atom is 0.120 e. The summed E-state index contributed by atoms with van der Waals surface area (Å²) in [4.78, 5) is 0. The fourth-order valence-electron chi connectivity index (χ4n) is 1.94. The van der Waals surface area contributed by atoms with Crippen LogP contribution in [0.2, 0.25) is 0 Å². The molecule has 0 radical (unpaired) electrons. The smallest absolute Gasteiger partial charge is 0.120 e. The predicted octanol–water partition coefficient (Wildman–Crippen LogP) is 3.63. The predicted molar refractivity (Wildman–Crippen MR) is 79.5 cm³/mol. The Morgan fingerprint density at radius 2 is 2.22 bits per heavy atom. The van der Waals surface area contributed by atoms with Gasteiger partial charge in [-0.25, -0.2) is 0 Å². The van der Waals surface area contributed by atoms with E-state index in [0.717, 1.165) is 18.0 Å². The van der Waals surface area contributed by atoms with Gasteiger partial charge in [0.05, 0.1) is 6.10 Å². The summed E-state index contributed by atoms with van der Waals surface area (Å²) in [5.74, 6) is 3.32. The number of rotatable bonds is 8. The Morgan fingerprint density at radius 1 is 1.39 bits per heavy atom. The molecule has 0 saturated heterocycles. The molecule has 0 aliphatic heterocycles. The maximum absolute atomic E-state index is 5.86. The van der Waals surface area contributed by atoms with Crippen LogP contribution in [-0.4, -0.2) is 24.2 Å². The molecule has 18 heavy (non-hydrogen) atoms. The van der Waals surface area contributed by atoms with E-state index in [4.69, 9.17) is 4.74 Å². The standard InChI is InChI=1S/C15H23NOS/c1-3-16-15(11-18-4-2)12-6-5-7-14(10-12)17-13-8-9-13/h5-7,10,13,15-16H,3-4,8-9,11H2,1-2H3. The summed E-state index contributed by atoms with van der Waals surface area (Å²) in [5.41, 5.74) is 1.34. The highest BCUT2D eigenvalue weighted by molar-refractivity contribution is 7.99. The van der Waals surface area contributed by atoms with E-state index in [1.165, 1.54) is 24.2 Å². The van der Waals surface area contributed by atoms with Crippen LogP contribution in [0.5, 0.6) is 5.75 Å². The fourth-order valence-corrected chi connectivity index (χ4v) is 2.72. The van der Waals surface area contributed by atoms with Crippen molar-refractivity contribution in [1.29, 1.82) is 0 Å². The van der Waals surface area contributed by atoms with Crippen molar-refractivity contribution in [2.45, 2.75) is 38.8 Å². The molecule has 1 unspecified atom stereocenters. The van der Waals surface area contributed by atoms with Gasteiger partial charge in [-0.1, -0.05) is 26.0 Å². The number of hydrogen-bond acceptors (Lipinski definition) is 3. The quantitative estimate of drug-likeness (QED) is 0.775. The van der Waals surface area contributed by atoms with Gasteiger partial charge in [-0.2, -0.15) is 11.8 Å². The molecule has 1 aliphatic rings. The van der Waals surface area contributed by atoms with Crippen LogP contribution in [-0.2, 0) is 0 Å². The van der Waals surface area contributed by atoms with Crippen LogP contribution < -0.4 is 10.1 Å². The number of ether oxygens (including phenoxy) is 1. The lowest BCUT2D eigenvalue weighted by Gasteiger charge is -2.18. The summed E-state index contributed by atoms with van der Waals surface area (Å²) >= 11 is 1.98. The normalized spacial score (nSPS) is 16.6. The molecule has 0 bridgehead atoms. The first-order valence-electron chi connectivity index (χ1n) is 6.91. The zero-order valence-corrected chi connectivity index (χ0v) is 12.1. The fraction of sp³-hybridized carbons (Fsp3) is 0.600. The second-order valence-electron chi connectivity index (χ2n) is 4.66. The highest BCUT2D eigenvalue weighted by Gasteiger charge is 2.23. The first-order chi connectivity index (χ1) is 8.83. The summed E-state index contributed by atoms with van der Waals surface area (Å²) in [6, 6.07) is 9.00. The zero-order chi connectivity index (χ0) is 12.8. The largest absolute Gasteiger partial charge is 0.490 e. The molecule has 1 aliphatic carbocycles. The van der Waals surface area contributed by atoms with E-state index in [9.17, 15) is 0 Å². The Bertz CT molecular complexity index is 365. The molecule has 0 heterocycles. The van der Waals surface area contributed by atoms with Crippen molar-refractivity contribution in [3.63, 3.8) is 0 Å². The van der Waals surface area contributed by atoms with Gasteiger partial charge in [-0.15, -0.1) is 0 Å².